The van der Waals surface area contributed by atoms with E-state index in [9.17, 15) is 9.18 Å². The van der Waals surface area contributed by atoms with Gasteiger partial charge in [0.2, 0.25) is 0 Å². The second-order valence-corrected chi connectivity index (χ2v) is 5.28. The van der Waals surface area contributed by atoms with Crippen LogP contribution in [0.4, 0.5) is 4.39 Å². The largest absolute Gasteiger partial charge is 0.357 e. The van der Waals surface area contributed by atoms with Crippen molar-refractivity contribution in [3.05, 3.63) is 47.8 Å². The van der Waals surface area contributed by atoms with Crippen molar-refractivity contribution in [3.8, 4) is 0 Å². The van der Waals surface area contributed by atoms with E-state index in [1.807, 2.05) is 6.92 Å². The fraction of sp³-hybridized carbons (Fsp3) is 0.412. The number of nitrogens with one attached hydrogen (secondary N) is 3. The van der Waals surface area contributed by atoms with Gasteiger partial charge in [-0.05, 0) is 31.9 Å². The van der Waals surface area contributed by atoms with Crippen molar-refractivity contribution in [2.75, 3.05) is 19.6 Å². The van der Waals surface area contributed by atoms with Crippen molar-refractivity contribution in [2.45, 2.75) is 25.8 Å². The number of guanidine groups is 1. The summed E-state index contributed by atoms with van der Waals surface area (Å²) in [6.45, 7) is 3.56. The Morgan fingerprint density at radius 2 is 1.96 bits per heavy atom. The van der Waals surface area contributed by atoms with Crippen LogP contribution in [0.2, 0.25) is 0 Å². The Labute approximate surface area is 159 Å². The first kappa shape index (κ1) is 20.4. The van der Waals surface area contributed by atoms with E-state index in [-0.39, 0.29) is 29.5 Å². The van der Waals surface area contributed by atoms with Crippen LogP contribution in [-0.4, -0.2) is 37.5 Å². The number of aliphatic imine (C=N–C) groups is 1. The lowest BCUT2D eigenvalue weighted by Crippen LogP contribution is -2.43. The quantitative estimate of drug-likeness (QED) is 0.207. The van der Waals surface area contributed by atoms with Gasteiger partial charge in [0, 0.05) is 19.1 Å². The summed E-state index contributed by atoms with van der Waals surface area (Å²) in [4.78, 5) is 16.3. The first-order valence-electron chi connectivity index (χ1n) is 7.93. The lowest BCUT2D eigenvalue weighted by molar-refractivity contribution is 0.0951. The van der Waals surface area contributed by atoms with Crippen molar-refractivity contribution < 1.29 is 9.18 Å². The molecule has 0 unspecified atom stereocenters. The van der Waals surface area contributed by atoms with E-state index in [0.29, 0.717) is 19.1 Å². The molecule has 0 bridgehead atoms. The van der Waals surface area contributed by atoms with Crippen LogP contribution in [0.1, 0.15) is 30.1 Å². The molecule has 132 valence electrons. The first-order valence-corrected chi connectivity index (χ1v) is 7.93. The van der Waals surface area contributed by atoms with Crippen molar-refractivity contribution >= 4 is 35.8 Å². The third-order valence-electron chi connectivity index (χ3n) is 3.48. The highest BCUT2D eigenvalue weighted by atomic mass is 127. The molecule has 1 aliphatic carbocycles. The summed E-state index contributed by atoms with van der Waals surface area (Å²) in [5, 5.41) is 9.20. The van der Waals surface area contributed by atoms with Crippen molar-refractivity contribution in [2.24, 2.45) is 4.99 Å². The van der Waals surface area contributed by atoms with Crippen LogP contribution >= 0.6 is 24.0 Å². The number of carbonyl (C=O) groups excluding carboxylic acids is 1. The summed E-state index contributed by atoms with van der Waals surface area (Å²) in [7, 11) is 0. The number of halogens is 2. The molecule has 0 saturated heterocycles. The fourth-order valence-corrected chi connectivity index (χ4v) is 2.33. The number of benzene rings is 1. The van der Waals surface area contributed by atoms with Gasteiger partial charge >= 0.3 is 0 Å². The summed E-state index contributed by atoms with van der Waals surface area (Å²) < 4.78 is 13.5. The number of nitrogens with zero attached hydrogens (tertiary/aromatic N) is 1. The molecule has 1 aromatic rings. The van der Waals surface area contributed by atoms with Gasteiger partial charge in [-0.15, -0.1) is 24.0 Å². The Morgan fingerprint density at radius 3 is 2.62 bits per heavy atom. The number of hydrogen-bond donors (Lipinski definition) is 3. The van der Waals surface area contributed by atoms with Crippen LogP contribution < -0.4 is 16.0 Å². The maximum absolute atomic E-state index is 13.5. The molecule has 0 saturated carbocycles. The minimum Gasteiger partial charge on any atom is -0.357 e. The van der Waals surface area contributed by atoms with Gasteiger partial charge in [-0.3, -0.25) is 9.79 Å². The summed E-state index contributed by atoms with van der Waals surface area (Å²) in [6, 6.07) is 6.31. The number of carbonyl (C=O) groups is 1. The average molecular weight is 446 g/mol. The maximum Gasteiger partial charge on any atom is 0.254 e. The summed E-state index contributed by atoms with van der Waals surface area (Å²) in [6.07, 6.45) is 6.29. The molecule has 0 spiro atoms. The molecule has 1 aromatic carbocycles. The lowest BCUT2D eigenvalue weighted by atomic mass is 10.2. The molecule has 5 nitrogen and oxygen atoms in total. The third-order valence-corrected chi connectivity index (χ3v) is 3.48. The summed E-state index contributed by atoms with van der Waals surface area (Å²) in [5.41, 5.74) is 0.0542. The monoisotopic (exact) mass is 446 g/mol. The van der Waals surface area contributed by atoms with E-state index in [1.165, 1.54) is 12.1 Å². The molecule has 0 atom stereocenters. The van der Waals surface area contributed by atoms with E-state index in [1.54, 1.807) is 12.1 Å². The Hall–Kier alpha value is -1.64. The summed E-state index contributed by atoms with van der Waals surface area (Å²) >= 11 is 0. The minimum absolute atomic E-state index is 0. The molecule has 7 heteroatoms. The zero-order chi connectivity index (χ0) is 16.5. The fourth-order valence-electron chi connectivity index (χ4n) is 2.33. The lowest BCUT2D eigenvalue weighted by Gasteiger charge is -2.16. The Kier molecular flexibility index (Phi) is 9.36. The third kappa shape index (κ3) is 6.46. The van der Waals surface area contributed by atoms with Crippen LogP contribution in [-0.2, 0) is 0 Å². The molecule has 3 N–H and O–H groups in total. The van der Waals surface area contributed by atoms with E-state index >= 15 is 0 Å². The molecular formula is C17H24FIN4O. The molecule has 0 fully saturated rings. The van der Waals surface area contributed by atoms with Crippen LogP contribution in [0.15, 0.2) is 41.4 Å². The zero-order valence-corrected chi connectivity index (χ0v) is 16.0. The van der Waals surface area contributed by atoms with Gasteiger partial charge in [-0.2, -0.15) is 0 Å². The van der Waals surface area contributed by atoms with Gasteiger partial charge in [0.05, 0.1) is 12.1 Å². The molecule has 2 rings (SSSR count). The highest BCUT2D eigenvalue weighted by molar-refractivity contribution is 14.0. The van der Waals surface area contributed by atoms with Crippen LogP contribution in [0.25, 0.3) is 0 Å². The first-order chi connectivity index (χ1) is 11.2. The number of rotatable bonds is 6. The maximum atomic E-state index is 13.5. The molecule has 24 heavy (non-hydrogen) atoms. The highest BCUT2D eigenvalue weighted by Gasteiger charge is 2.12. The highest BCUT2D eigenvalue weighted by Crippen LogP contribution is 2.08. The zero-order valence-electron chi connectivity index (χ0n) is 13.7. The summed E-state index contributed by atoms with van der Waals surface area (Å²) in [5.74, 6) is -0.199. The minimum atomic E-state index is -0.516. The number of amides is 1. The smallest absolute Gasteiger partial charge is 0.254 e. The van der Waals surface area contributed by atoms with E-state index in [2.05, 4.69) is 33.1 Å². The molecule has 0 radical (unpaired) electrons. The molecular weight excluding hydrogens is 422 g/mol. The molecule has 1 amide bonds. The van der Waals surface area contributed by atoms with Crippen molar-refractivity contribution in [1.29, 1.82) is 0 Å². The molecule has 0 aromatic heterocycles. The Morgan fingerprint density at radius 1 is 1.25 bits per heavy atom. The molecule has 0 heterocycles. The predicted molar refractivity (Wildman–Crippen MR) is 105 cm³/mol. The molecule has 0 aliphatic heterocycles. The molecule has 1 aliphatic rings. The van der Waals surface area contributed by atoms with Gasteiger partial charge in [0.15, 0.2) is 5.96 Å². The van der Waals surface area contributed by atoms with Crippen molar-refractivity contribution in [1.82, 2.24) is 16.0 Å². The second kappa shape index (κ2) is 11.0. The Bertz CT molecular complexity index is 584. The van der Waals surface area contributed by atoms with E-state index in [4.69, 9.17) is 0 Å². The van der Waals surface area contributed by atoms with Gasteiger partial charge in [-0.1, -0.05) is 24.3 Å². The topological polar surface area (TPSA) is 65.5 Å². The van der Waals surface area contributed by atoms with E-state index in [0.717, 1.165) is 25.3 Å². The van der Waals surface area contributed by atoms with Crippen LogP contribution in [0.3, 0.4) is 0 Å². The second-order valence-electron chi connectivity index (χ2n) is 5.28. The van der Waals surface area contributed by atoms with Gasteiger partial charge < -0.3 is 16.0 Å². The average Bonchev–Trinajstić information content (AvgIpc) is 3.05. The van der Waals surface area contributed by atoms with E-state index < -0.39 is 11.7 Å². The number of hydrogen-bond acceptors (Lipinski definition) is 2. The standard InChI is InChI=1S/C17H23FN4O.HI/c1-2-19-17(22-13-7-3-4-8-13)21-12-11-20-16(23)14-9-5-6-10-15(14)18;/h3-6,9-10,13H,2,7-8,11-12H2,1H3,(H,20,23)(H2,19,21,22);1H. The van der Waals surface area contributed by atoms with Gasteiger partial charge in [-0.25, -0.2) is 4.39 Å². The van der Waals surface area contributed by atoms with Gasteiger partial charge in [0.25, 0.3) is 5.91 Å². The predicted octanol–water partition coefficient (Wildman–Crippen LogP) is 2.45. The van der Waals surface area contributed by atoms with Gasteiger partial charge in [0.1, 0.15) is 5.82 Å². The van der Waals surface area contributed by atoms with Crippen LogP contribution in [0, 0.1) is 5.82 Å². The normalized spacial score (nSPS) is 14.2. The van der Waals surface area contributed by atoms with Crippen LogP contribution in [0.5, 0.6) is 0 Å². The SMILES string of the molecule is CCNC(=NCCNC(=O)c1ccccc1F)NC1CC=CC1.I. The Balaban J connectivity index is 0.00000288. The van der Waals surface area contributed by atoms with Crippen molar-refractivity contribution in [3.63, 3.8) is 0 Å².